The van der Waals surface area contributed by atoms with E-state index in [1.165, 1.54) is 0 Å². The zero-order valence-corrected chi connectivity index (χ0v) is 14.6. The van der Waals surface area contributed by atoms with Crippen LogP contribution in [0.1, 0.15) is 24.0 Å². The molecule has 0 aliphatic heterocycles. The van der Waals surface area contributed by atoms with Crippen molar-refractivity contribution in [2.45, 2.75) is 12.8 Å². The minimum atomic E-state index is -2.80. The van der Waals surface area contributed by atoms with Crippen LogP contribution in [0.4, 0.5) is 43.9 Å². The highest BCUT2D eigenvalue weighted by molar-refractivity contribution is 5.87. The lowest BCUT2D eigenvalue weighted by Gasteiger charge is -2.21. The number of hydrogen-bond acceptors (Lipinski definition) is 2. The molecule has 0 saturated heterocycles. The molecule has 0 unspecified atom stereocenters. The Morgan fingerprint density at radius 2 is 0.933 bits per heavy atom. The third-order valence-electron chi connectivity index (χ3n) is 3.91. The minimum Gasteiger partial charge on any atom is -0.461 e. The van der Waals surface area contributed by atoms with Crippen molar-refractivity contribution in [2.75, 3.05) is 6.61 Å². The maximum Gasteiger partial charge on any atom is 0.333 e. The first-order valence-electron chi connectivity index (χ1n) is 7.68. The van der Waals surface area contributed by atoms with Gasteiger partial charge in [-0.2, -0.15) is 0 Å². The normalized spacial score (nSPS) is 11.2. The Bertz CT molecular complexity index is 936. The summed E-state index contributed by atoms with van der Waals surface area (Å²) in [6.45, 7) is 2.63. The van der Waals surface area contributed by atoms with Crippen molar-refractivity contribution < 1.29 is 53.4 Å². The van der Waals surface area contributed by atoms with Crippen molar-refractivity contribution in [1.29, 1.82) is 0 Å². The third-order valence-corrected chi connectivity index (χ3v) is 3.91. The van der Waals surface area contributed by atoms with Crippen LogP contribution >= 0.6 is 0 Å². The van der Waals surface area contributed by atoms with Gasteiger partial charge in [0.1, 0.15) is 6.61 Å². The molecule has 0 N–H and O–H groups in total. The van der Waals surface area contributed by atoms with E-state index in [4.69, 9.17) is 0 Å². The molecule has 12 heteroatoms. The Morgan fingerprint density at radius 1 is 0.667 bits per heavy atom. The molecule has 0 fully saturated rings. The van der Waals surface area contributed by atoms with Gasteiger partial charge in [0, 0.05) is 16.7 Å². The molecule has 0 aromatic heterocycles. The summed E-state index contributed by atoms with van der Waals surface area (Å²) in [6, 6.07) is 0. The molecular weight excluding hydrogens is 438 g/mol. The lowest BCUT2D eigenvalue weighted by molar-refractivity contribution is -0.139. The fraction of sp³-hybridized carbons (Fsp3) is 0.167. The number of benzene rings is 2. The summed E-state index contributed by atoms with van der Waals surface area (Å²) in [4.78, 5) is 11.5. The van der Waals surface area contributed by atoms with E-state index in [2.05, 4.69) is 11.3 Å². The Kier molecular flexibility index (Phi) is 6.48. The van der Waals surface area contributed by atoms with Crippen molar-refractivity contribution in [3.8, 4) is 0 Å². The number of carbonyl (C=O) groups excluding carboxylic acids is 1. The zero-order valence-electron chi connectivity index (χ0n) is 14.6. The molecule has 30 heavy (non-hydrogen) atoms. The molecular formula is C18H8F10O2. The largest absolute Gasteiger partial charge is 0.461 e. The van der Waals surface area contributed by atoms with Crippen LogP contribution in [-0.2, 0) is 9.53 Å². The number of halogens is 10. The molecule has 0 aliphatic carbocycles. The van der Waals surface area contributed by atoms with Gasteiger partial charge in [0.25, 0.3) is 0 Å². The summed E-state index contributed by atoms with van der Waals surface area (Å²) >= 11 is 0. The monoisotopic (exact) mass is 446 g/mol. The molecule has 162 valence electrons. The van der Waals surface area contributed by atoms with Gasteiger partial charge in [-0.15, -0.1) is 0 Å². The van der Waals surface area contributed by atoms with Crippen molar-refractivity contribution in [3.63, 3.8) is 0 Å². The summed E-state index contributed by atoms with van der Waals surface area (Å²) in [7, 11) is 0. The van der Waals surface area contributed by atoms with Gasteiger partial charge in [-0.1, -0.05) is 6.58 Å². The Hall–Kier alpha value is -3.05. The van der Waals surface area contributed by atoms with Gasteiger partial charge in [0.05, 0.1) is 5.92 Å². The Labute approximate surface area is 161 Å². The molecule has 0 amide bonds. The van der Waals surface area contributed by atoms with E-state index in [0.717, 1.165) is 6.92 Å². The predicted octanol–water partition coefficient (Wildman–Crippen LogP) is 5.33. The average molecular weight is 446 g/mol. The predicted molar refractivity (Wildman–Crippen MR) is 80.1 cm³/mol. The van der Waals surface area contributed by atoms with E-state index in [9.17, 15) is 48.7 Å². The third kappa shape index (κ3) is 3.73. The van der Waals surface area contributed by atoms with E-state index in [1.54, 1.807) is 0 Å². The van der Waals surface area contributed by atoms with Gasteiger partial charge in [0.15, 0.2) is 46.5 Å². The fourth-order valence-electron chi connectivity index (χ4n) is 2.45. The second kappa shape index (κ2) is 8.36. The molecule has 0 spiro atoms. The van der Waals surface area contributed by atoms with Crippen LogP contribution in [0.5, 0.6) is 0 Å². The minimum absolute atomic E-state index is 0.358. The maximum atomic E-state index is 14.2. The fourth-order valence-corrected chi connectivity index (χ4v) is 2.45. The van der Waals surface area contributed by atoms with Crippen LogP contribution in [0.15, 0.2) is 12.2 Å². The van der Waals surface area contributed by atoms with Crippen LogP contribution in [0, 0.1) is 58.2 Å². The lowest BCUT2D eigenvalue weighted by atomic mass is 9.89. The van der Waals surface area contributed by atoms with Gasteiger partial charge in [0.2, 0.25) is 11.6 Å². The average Bonchev–Trinajstić information content (AvgIpc) is 2.71. The molecule has 0 atom stereocenters. The van der Waals surface area contributed by atoms with E-state index in [-0.39, 0.29) is 5.57 Å². The van der Waals surface area contributed by atoms with Gasteiger partial charge in [-0.05, 0) is 6.92 Å². The molecule has 0 saturated carbocycles. The number of rotatable bonds is 5. The first kappa shape index (κ1) is 23.2. The molecule has 0 aliphatic rings. The molecule has 2 nitrogen and oxygen atoms in total. The second-order valence-corrected chi connectivity index (χ2v) is 5.90. The number of ether oxygens (including phenoxy) is 1. The summed E-state index contributed by atoms with van der Waals surface area (Å²) in [5, 5.41) is 0. The topological polar surface area (TPSA) is 26.3 Å². The number of esters is 1. The SMILES string of the molecule is C=C(C)C(=O)OCC(c1c(F)c(F)c(F)c(F)c1F)c1c(F)c(F)c(F)c(F)c1F. The van der Waals surface area contributed by atoms with Crippen LogP contribution in [-0.4, -0.2) is 12.6 Å². The van der Waals surface area contributed by atoms with Crippen molar-refractivity contribution in [2.24, 2.45) is 0 Å². The molecule has 2 aromatic rings. The van der Waals surface area contributed by atoms with E-state index in [0.29, 0.717) is 0 Å². The van der Waals surface area contributed by atoms with Gasteiger partial charge < -0.3 is 4.74 Å². The van der Waals surface area contributed by atoms with Crippen LogP contribution in [0.2, 0.25) is 0 Å². The highest BCUT2D eigenvalue weighted by Gasteiger charge is 2.38. The highest BCUT2D eigenvalue weighted by Crippen LogP contribution is 2.37. The van der Waals surface area contributed by atoms with Crippen LogP contribution < -0.4 is 0 Å². The number of hydrogen-bond donors (Lipinski definition) is 0. The standard InChI is InChI=1S/C18H8F10O2/c1-4(2)18(29)30-3-5(6-8(19)12(23)16(27)13(24)9(6)20)7-10(21)14(25)17(28)15(26)11(7)22/h5H,1,3H2,2H3. The second-order valence-electron chi connectivity index (χ2n) is 5.90. The number of carbonyl (C=O) groups is 1. The van der Waals surface area contributed by atoms with E-state index < -0.39 is 87.8 Å². The van der Waals surface area contributed by atoms with E-state index in [1.807, 2.05) is 0 Å². The van der Waals surface area contributed by atoms with Crippen LogP contribution in [0.25, 0.3) is 0 Å². The molecule has 0 radical (unpaired) electrons. The molecule has 2 rings (SSSR count). The lowest BCUT2D eigenvalue weighted by Crippen LogP contribution is -2.22. The molecule has 0 bridgehead atoms. The highest BCUT2D eigenvalue weighted by atomic mass is 19.2. The van der Waals surface area contributed by atoms with Crippen molar-refractivity contribution in [1.82, 2.24) is 0 Å². The molecule has 0 heterocycles. The quantitative estimate of drug-likeness (QED) is 0.204. The summed E-state index contributed by atoms with van der Waals surface area (Å²) in [6.07, 6.45) is 0. The Morgan fingerprint density at radius 3 is 1.20 bits per heavy atom. The maximum absolute atomic E-state index is 14.2. The summed E-state index contributed by atoms with van der Waals surface area (Å²) in [5.74, 6) is -30.1. The van der Waals surface area contributed by atoms with Gasteiger partial charge in [-0.3, -0.25) is 0 Å². The van der Waals surface area contributed by atoms with E-state index >= 15 is 0 Å². The van der Waals surface area contributed by atoms with Gasteiger partial charge >= 0.3 is 5.97 Å². The first-order chi connectivity index (χ1) is 13.8. The zero-order chi connectivity index (χ0) is 23.1. The Balaban J connectivity index is 2.87. The summed E-state index contributed by atoms with van der Waals surface area (Å²) < 4.78 is 142. The van der Waals surface area contributed by atoms with Crippen LogP contribution in [0.3, 0.4) is 0 Å². The smallest absolute Gasteiger partial charge is 0.333 e. The van der Waals surface area contributed by atoms with Gasteiger partial charge in [-0.25, -0.2) is 48.7 Å². The summed E-state index contributed by atoms with van der Waals surface area (Å²) in [5.41, 5.74) is -4.29. The van der Waals surface area contributed by atoms with Crippen molar-refractivity contribution in [3.05, 3.63) is 81.5 Å². The first-order valence-corrected chi connectivity index (χ1v) is 7.68. The van der Waals surface area contributed by atoms with Crippen molar-refractivity contribution >= 4 is 5.97 Å². The molecule has 2 aromatic carbocycles.